The van der Waals surface area contributed by atoms with Gasteiger partial charge in [-0.2, -0.15) is 0 Å². The lowest BCUT2D eigenvalue weighted by Gasteiger charge is -2.33. The molecule has 2 amide bonds. The number of hydrogen-bond donors (Lipinski definition) is 2. The van der Waals surface area contributed by atoms with E-state index in [1.165, 1.54) is 6.42 Å². The molecule has 37 heavy (non-hydrogen) atoms. The van der Waals surface area contributed by atoms with Gasteiger partial charge in [0.05, 0.1) is 18.3 Å². The van der Waals surface area contributed by atoms with Crippen molar-refractivity contribution in [3.05, 3.63) is 59.8 Å². The van der Waals surface area contributed by atoms with Gasteiger partial charge in [0.1, 0.15) is 0 Å². The van der Waals surface area contributed by atoms with Gasteiger partial charge in [-0.15, -0.1) is 0 Å². The number of piperidine rings is 1. The standard InChI is InChI=1S/C30H42N4O3/c1-4-11-26(31-3)19-32-20-28(36)34-17-10-16-25(21-34)23-14-9-15-24(18-23)30(37)33-29(27(35)5-2)22-12-7-6-8-13-22/h4,9,11,14-15,18,22,25,29,32H,1,3,5-8,10,12-13,16-17,19-21H2,2H3,(H,33,37)/b26-11-. The number of ketones is 1. The fraction of sp³-hybridized carbons (Fsp3) is 0.533. The fourth-order valence-corrected chi connectivity index (χ4v) is 5.50. The summed E-state index contributed by atoms with van der Waals surface area (Å²) in [6.45, 7) is 11.1. The molecule has 2 unspecified atom stereocenters. The van der Waals surface area contributed by atoms with Crippen LogP contribution in [0.1, 0.15) is 80.1 Å². The predicted octanol–water partition coefficient (Wildman–Crippen LogP) is 4.41. The second-order valence-electron chi connectivity index (χ2n) is 10.1. The molecule has 2 fully saturated rings. The van der Waals surface area contributed by atoms with Crippen LogP contribution in [0, 0.1) is 5.92 Å². The average molecular weight is 507 g/mol. The zero-order valence-electron chi connectivity index (χ0n) is 22.2. The summed E-state index contributed by atoms with van der Waals surface area (Å²) < 4.78 is 0. The Morgan fingerprint density at radius 3 is 2.62 bits per heavy atom. The number of hydrogen-bond acceptors (Lipinski definition) is 5. The van der Waals surface area contributed by atoms with E-state index < -0.39 is 6.04 Å². The lowest BCUT2D eigenvalue weighted by Crippen LogP contribution is -2.46. The Morgan fingerprint density at radius 2 is 1.92 bits per heavy atom. The van der Waals surface area contributed by atoms with E-state index >= 15 is 0 Å². The van der Waals surface area contributed by atoms with Crippen LogP contribution in [0.25, 0.3) is 0 Å². The van der Waals surface area contributed by atoms with E-state index in [0.29, 0.717) is 25.1 Å². The van der Waals surface area contributed by atoms with Crippen LogP contribution >= 0.6 is 0 Å². The first-order chi connectivity index (χ1) is 18.0. The first-order valence-electron chi connectivity index (χ1n) is 13.7. The highest BCUT2D eigenvalue weighted by molar-refractivity contribution is 5.98. The maximum atomic E-state index is 13.2. The highest BCUT2D eigenvalue weighted by Gasteiger charge is 2.30. The number of benzene rings is 1. The number of likely N-dealkylation sites (tertiary alicyclic amines) is 1. The fourth-order valence-electron chi connectivity index (χ4n) is 5.50. The minimum absolute atomic E-state index is 0.0500. The van der Waals surface area contributed by atoms with E-state index in [1.54, 1.807) is 12.2 Å². The monoisotopic (exact) mass is 506 g/mol. The van der Waals surface area contributed by atoms with Crippen LogP contribution in [-0.2, 0) is 9.59 Å². The Labute approximate surface area is 221 Å². The molecule has 2 aliphatic rings. The van der Waals surface area contributed by atoms with E-state index in [2.05, 4.69) is 28.9 Å². The van der Waals surface area contributed by atoms with Gasteiger partial charge in [-0.05, 0) is 62.1 Å². The quantitative estimate of drug-likeness (QED) is 0.325. The second-order valence-corrected chi connectivity index (χ2v) is 10.1. The van der Waals surface area contributed by atoms with E-state index in [1.807, 2.05) is 36.1 Å². The van der Waals surface area contributed by atoms with Crippen molar-refractivity contribution in [2.45, 2.75) is 70.3 Å². The van der Waals surface area contributed by atoms with Crippen molar-refractivity contribution in [3.8, 4) is 0 Å². The van der Waals surface area contributed by atoms with Crippen LogP contribution in [0.3, 0.4) is 0 Å². The van der Waals surface area contributed by atoms with Crippen LogP contribution in [-0.4, -0.2) is 61.4 Å². The zero-order valence-corrected chi connectivity index (χ0v) is 22.2. The molecule has 1 saturated carbocycles. The minimum Gasteiger partial charge on any atom is -0.342 e. The Morgan fingerprint density at radius 1 is 1.14 bits per heavy atom. The zero-order chi connectivity index (χ0) is 26.6. The van der Waals surface area contributed by atoms with Crippen LogP contribution < -0.4 is 10.6 Å². The molecule has 0 aromatic heterocycles. The largest absolute Gasteiger partial charge is 0.342 e. The van der Waals surface area contributed by atoms with Crippen LogP contribution in [0.5, 0.6) is 0 Å². The summed E-state index contributed by atoms with van der Waals surface area (Å²) in [6.07, 6.45) is 11.1. The third kappa shape index (κ3) is 8.22. The molecule has 0 spiro atoms. The maximum Gasteiger partial charge on any atom is 0.251 e. The van der Waals surface area contributed by atoms with Crippen LogP contribution in [0.2, 0.25) is 0 Å². The number of allylic oxidation sites excluding steroid dienone is 2. The Bertz CT molecular complexity index is 996. The number of nitrogens with one attached hydrogen (secondary N) is 2. The van der Waals surface area contributed by atoms with Gasteiger partial charge in [-0.3, -0.25) is 19.4 Å². The van der Waals surface area contributed by atoms with Crippen molar-refractivity contribution < 1.29 is 14.4 Å². The molecule has 1 saturated heterocycles. The van der Waals surface area contributed by atoms with Crippen molar-refractivity contribution in [1.29, 1.82) is 0 Å². The predicted molar refractivity (Wildman–Crippen MR) is 149 cm³/mol. The molecule has 7 heteroatoms. The van der Waals surface area contributed by atoms with Gasteiger partial charge in [0, 0.05) is 37.5 Å². The van der Waals surface area contributed by atoms with Crippen molar-refractivity contribution in [1.82, 2.24) is 15.5 Å². The van der Waals surface area contributed by atoms with Gasteiger partial charge in [-0.1, -0.05) is 51.0 Å². The van der Waals surface area contributed by atoms with Gasteiger partial charge < -0.3 is 15.5 Å². The van der Waals surface area contributed by atoms with Gasteiger partial charge >= 0.3 is 0 Å². The molecule has 3 rings (SSSR count). The summed E-state index contributed by atoms with van der Waals surface area (Å²) in [6, 6.07) is 7.27. The second kappa shape index (κ2) is 14.6. The average Bonchev–Trinajstić information content (AvgIpc) is 2.95. The maximum absolute atomic E-state index is 13.2. The van der Waals surface area contributed by atoms with Crippen LogP contribution in [0.15, 0.2) is 53.7 Å². The molecule has 1 aliphatic heterocycles. The number of rotatable bonds is 12. The number of Topliss-reactive ketones (excluding diaryl/α,β-unsaturated/α-hetero) is 1. The van der Waals surface area contributed by atoms with Crippen molar-refractivity contribution in [2.75, 3.05) is 26.2 Å². The van der Waals surface area contributed by atoms with Crippen molar-refractivity contribution in [2.24, 2.45) is 10.9 Å². The van der Waals surface area contributed by atoms with E-state index in [4.69, 9.17) is 0 Å². The molecular weight excluding hydrogens is 464 g/mol. The highest BCUT2D eigenvalue weighted by atomic mass is 16.2. The topological polar surface area (TPSA) is 90.9 Å². The number of carbonyl (C=O) groups is 3. The summed E-state index contributed by atoms with van der Waals surface area (Å²) in [4.78, 5) is 44.5. The van der Waals surface area contributed by atoms with Gasteiger partial charge in [0.2, 0.25) is 5.91 Å². The van der Waals surface area contributed by atoms with E-state index in [0.717, 1.165) is 56.3 Å². The molecule has 7 nitrogen and oxygen atoms in total. The van der Waals surface area contributed by atoms with E-state index in [9.17, 15) is 14.4 Å². The normalized spacial score (nSPS) is 19.6. The molecule has 1 aliphatic carbocycles. The molecule has 1 aromatic rings. The summed E-state index contributed by atoms with van der Waals surface area (Å²) in [7, 11) is 0. The molecule has 2 atom stereocenters. The molecule has 2 N–H and O–H groups in total. The van der Waals surface area contributed by atoms with Crippen molar-refractivity contribution >= 4 is 24.3 Å². The first-order valence-corrected chi connectivity index (χ1v) is 13.7. The SMILES string of the molecule is C=C/C=C(/CNCC(=O)N1CCCC(c2cccc(C(=O)NC(C(=O)CC)C3CCCCC3)c2)C1)N=C. The molecule has 0 radical (unpaired) electrons. The summed E-state index contributed by atoms with van der Waals surface area (Å²) in [5, 5.41) is 6.21. The molecule has 1 aromatic carbocycles. The molecule has 200 valence electrons. The molecular formula is C30H42N4O3. The van der Waals surface area contributed by atoms with Gasteiger partial charge in [0.25, 0.3) is 5.91 Å². The lowest BCUT2D eigenvalue weighted by atomic mass is 9.81. The summed E-state index contributed by atoms with van der Waals surface area (Å²) in [5.74, 6) is 0.371. The lowest BCUT2D eigenvalue weighted by molar-refractivity contribution is -0.131. The number of aliphatic imine (C=N–C) groups is 1. The Kier molecular flexibility index (Phi) is 11.3. The number of nitrogens with zero attached hydrogens (tertiary/aromatic N) is 2. The minimum atomic E-state index is -0.408. The molecule has 1 heterocycles. The highest BCUT2D eigenvalue weighted by Crippen LogP contribution is 2.29. The van der Waals surface area contributed by atoms with Gasteiger partial charge in [0.15, 0.2) is 5.78 Å². The van der Waals surface area contributed by atoms with Crippen LogP contribution in [0.4, 0.5) is 0 Å². The third-order valence-electron chi connectivity index (χ3n) is 7.59. The number of amides is 2. The first kappa shape index (κ1) is 28.5. The summed E-state index contributed by atoms with van der Waals surface area (Å²) >= 11 is 0. The van der Waals surface area contributed by atoms with E-state index in [-0.39, 0.29) is 36.0 Å². The smallest absolute Gasteiger partial charge is 0.251 e. The van der Waals surface area contributed by atoms with Crippen molar-refractivity contribution in [3.63, 3.8) is 0 Å². The number of carbonyl (C=O) groups excluding carboxylic acids is 3. The molecule has 0 bridgehead atoms. The third-order valence-corrected chi connectivity index (χ3v) is 7.59. The van der Waals surface area contributed by atoms with Gasteiger partial charge in [-0.25, -0.2) is 0 Å². The summed E-state index contributed by atoms with van der Waals surface area (Å²) in [5.41, 5.74) is 2.37. The Hall–Kier alpha value is -3.06. The Balaban J connectivity index is 1.61.